The molecule has 0 unspecified atom stereocenters. The number of hydrogen-bond donors (Lipinski definition) is 0. The maximum Gasteiger partial charge on any atom is 0.309 e. The minimum absolute atomic E-state index is 0.00122. The van der Waals surface area contributed by atoms with Crippen molar-refractivity contribution in [2.75, 3.05) is 6.61 Å². The Balaban J connectivity index is 2.30. The Bertz CT molecular complexity index is 725. The molecule has 0 spiro atoms. The molecule has 0 radical (unpaired) electrons. The Labute approximate surface area is 172 Å². The number of carbonyl (C=O) groups is 2. The Kier molecular flexibility index (Phi) is 8.84. The SMILES string of the molecule is CCCC[C@@](F)(CC(=O)OCC)C(=O)N(Cc1ccccc1)Cc1ccccc1. The van der Waals surface area contributed by atoms with Gasteiger partial charge in [0, 0.05) is 13.1 Å². The predicted octanol–water partition coefficient (Wildman–Crippen LogP) is 5.07. The summed E-state index contributed by atoms with van der Waals surface area (Å²) in [6.45, 7) is 4.31. The summed E-state index contributed by atoms with van der Waals surface area (Å²) in [7, 11) is 0. The second kappa shape index (κ2) is 11.3. The van der Waals surface area contributed by atoms with Gasteiger partial charge in [-0.05, 0) is 30.9 Å². The lowest BCUT2D eigenvalue weighted by atomic mass is 9.92. The third kappa shape index (κ3) is 7.00. The van der Waals surface area contributed by atoms with Gasteiger partial charge >= 0.3 is 5.97 Å². The number of amides is 1. The highest BCUT2D eigenvalue weighted by molar-refractivity contribution is 5.89. The lowest BCUT2D eigenvalue weighted by Gasteiger charge is -2.31. The molecule has 0 aliphatic carbocycles. The van der Waals surface area contributed by atoms with Crippen LogP contribution in [0.2, 0.25) is 0 Å². The van der Waals surface area contributed by atoms with Gasteiger partial charge in [0.25, 0.3) is 5.91 Å². The third-order valence-corrected chi connectivity index (χ3v) is 4.76. The first-order valence-corrected chi connectivity index (χ1v) is 10.2. The average Bonchev–Trinajstić information content (AvgIpc) is 2.73. The fraction of sp³-hybridized carbons (Fsp3) is 0.417. The van der Waals surface area contributed by atoms with E-state index < -0.39 is 24.0 Å². The van der Waals surface area contributed by atoms with Crippen LogP contribution in [0.25, 0.3) is 0 Å². The fourth-order valence-corrected chi connectivity index (χ4v) is 3.26. The van der Waals surface area contributed by atoms with Gasteiger partial charge in [-0.15, -0.1) is 0 Å². The Morgan fingerprint density at radius 2 is 1.45 bits per heavy atom. The van der Waals surface area contributed by atoms with E-state index >= 15 is 4.39 Å². The molecule has 2 rings (SSSR count). The summed E-state index contributed by atoms with van der Waals surface area (Å²) in [6.07, 6.45) is 0.701. The van der Waals surface area contributed by atoms with Gasteiger partial charge in [-0.2, -0.15) is 0 Å². The van der Waals surface area contributed by atoms with Crippen LogP contribution in [-0.4, -0.2) is 29.1 Å². The van der Waals surface area contributed by atoms with Crippen LogP contribution in [0.4, 0.5) is 4.39 Å². The van der Waals surface area contributed by atoms with Gasteiger partial charge in [-0.1, -0.05) is 74.0 Å². The zero-order valence-electron chi connectivity index (χ0n) is 17.3. The van der Waals surface area contributed by atoms with Crippen molar-refractivity contribution in [1.82, 2.24) is 4.90 Å². The summed E-state index contributed by atoms with van der Waals surface area (Å²) in [5, 5.41) is 0. The molecule has 0 saturated heterocycles. The van der Waals surface area contributed by atoms with Crippen LogP contribution in [0.1, 0.15) is 50.7 Å². The first-order chi connectivity index (χ1) is 14.0. The van der Waals surface area contributed by atoms with Crippen molar-refractivity contribution in [2.24, 2.45) is 0 Å². The number of carbonyl (C=O) groups excluding carboxylic acids is 2. The van der Waals surface area contributed by atoms with E-state index in [-0.39, 0.29) is 26.1 Å². The second-order valence-corrected chi connectivity index (χ2v) is 7.18. The number of halogens is 1. The maximum absolute atomic E-state index is 15.9. The molecule has 1 atom stereocenters. The monoisotopic (exact) mass is 399 g/mol. The van der Waals surface area contributed by atoms with Gasteiger partial charge in [0.1, 0.15) is 0 Å². The van der Waals surface area contributed by atoms with E-state index in [4.69, 9.17) is 4.74 Å². The van der Waals surface area contributed by atoms with Crippen molar-refractivity contribution in [3.05, 3.63) is 71.8 Å². The molecule has 0 bridgehead atoms. The van der Waals surface area contributed by atoms with Crippen LogP contribution in [0.3, 0.4) is 0 Å². The summed E-state index contributed by atoms with van der Waals surface area (Å²) in [4.78, 5) is 26.9. The molecule has 2 aromatic rings. The fourth-order valence-electron chi connectivity index (χ4n) is 3.26. The molecule has 156 valence electrons. The zero-order valence-corrected chi connectivity index (χ0v) is 17.3. The highest BCUT2D eigenvalue weighted by atomic mass is 19.1. The van der Waals surface area contributed by atoms with E-state index in [1.165, 1.54) is 4.90 Å². The number of rotatable bonds is 11. The second-order valence-electron chi connectivity index (χ2n) is 7.18. The molecule has 0 aliphatic heterocycles. The predicted molar refractivity (Wildman–Crippen MR) is 112 cm³/mol. The molecule has 29 heavy (non-hydrogen) atoms. The zero-order chi connectivity index (χ0) is 21.1. The maximum atomic E-state index is 15.9. The molecule has 5 heteroatoms. The third-order valence-electron chi connectivity index (χ3n) is 4.76. The molecule has 0 saturated carbocycles. The van der Waals surface area contributed by atoms with E-state index in [9.17, 15) is 9.59 Å². The quantitative estimate of drug-likeness (QED) is 0.496. The van der Waals surface area contributed by atoms with Crippen molar-refractivity contribution in [3.8, 4) is 0 Å². The lowest BCUT2D eigenvalue weighted by molar-refractivity contribution is -0.157. The van der Waals surface area contributed by atoms with Crippen molar-refractivity contribution in [1.29, 1.82) is 0 Å². The Hall–Kier alpha value is -2.69. The first-order valence-electron chi connectivity index (χ1n) is 10.2. The number of ether oxygens (including phenoxy) is 1. The molecule has 0 fully saturated rings. The number of esters is 1. The minimum atomic E-state index is -2.27. The van der Waals surface area contributed by atoms with Gasteiger partial charge in [0.15, 0.2) is 5.67 Å². The summed E-state index contributed by atoms with van der Waals surface area (Å²) < 4.78 is 20.8. The van der Waals surface area contributed by atoms with Crippen LogP contribution in [-0.2, 0) is 27.4 Å². The van der Waals surface area contributed by atoms with Crippen molar-refractivity contribution in [2.45, 2.75) is 58.3 Å². The number of nitrogens with zero attached hydrogens (tertiary/aromatic N) is 1. The Morgan fingerprint density at radius 3 is 1.90 bits per heavy atom. The topological polar surface area (TPSA) is 46.6 Å². The van der Waals surface area contributed by atoms with E-state index in [2.05, 4.69) is 0 Å². The number of alkyl halides is 1. The molecule has 0 aliphatic rings. The number of unbranched alkanes of at least 4 members (excludes halogenated alkanes) is 1. The minimum Gasteiger partial charge on any atom is -0.466 e. The smallest absolute Gasteiger partial charge is 0.309 e. The molecule has 2 aromatic carbocycles. The van der Waals surface area contributed by atoms with Gasteiger partial charge in [-0.25, -0.2) is 4.39 Å². The van der Waals surface area contributed by atoms with E-state index in [1.807, 2.05) is 67.6 Å². The number of hydrogen-bond acceptors (Lipinski definition) is 3. The highest BCUT2D eigenvalue weighted by Crippen LogP contribution is 2.29. The Morgan fingerprint density at radius 1 is 0.931 bits per heavy atom. The normalized spacial score (nSPS) is 12.8. The van der Waals surface area contributed by atoms with Crippen molar-refractivity contribution in [3.63, 3.8) is 0 Å². The van der Waals surface area contributed by atoms with Crippen LogP contribution in [0, 0.1) is 0 Å². The van der Waals surface area contributed by atoms with Crippen molar-refractivity contribution >= 4 is 11.9 Å². The lowest BCUT2D eigenvalue weighted by Crippen LogP contribution is -2.47. The molecular formula is C24H30FNO3. The van der Waals surface area contributed by atoms with Gasteiger partial charge in [0.05, 0.1) is 13.0 Å². The number of benzene rings is 2. The largest absolute Gasteiger partial charge is 0.466 e. The van der Waals surface area contributed by atoms with Gasteiger partial charge in [0.2, 0.25) is 0 Å². The molecule has 0 aromatic heterocycles. The van der Waals surface area contributed by atoms with Gasteiger partial charge < -0.3 is 9.64 Å². The van der Waals surface area contributed by atoms with E-state index in [1.54, 1.807) is 6.92 Å². The van der Waals surface area contributed by atoms with E-state index in [0.717, 1.165) is 17.5 Å². The first kappa shape index (κ1) is 22.6. The van der Waals surface area contributed by atoms with Crippen LogP contribution in [0.15, 0.2) is 60.7 Å². The van der Waals surface area contributed by atoms with Crippen LogP contribution >= 0.6 is 0 Å². The standard InChI is InChI=1S/C24H30FNO3/c1-3-5-16-24(25,17-22(27)29-4-2)23(28)26(18-20-12-8-6-9-13-20)19-21-14-10-7-11-15-21/h6-15H,3-5,16-19H2,1-2H3/t24-/m1/s1. The molecule has 1 amide bonds. The van der Waals surface area contributed by atoms with Crippen molar-refractivity contribution < 1.29 is 18.7 Å². The van der Waals surface area contributed by atoms with Crippen LogP contribution in [0.5, 0.6) is 0 Å². The molecule has 4 nitrogen and oxygen atoms in total. The summed E-state index contributed by atoms with van der Waals surface area (Å²) >= 11 is 0. The molecule has 0 N–H and O–H groups in total. The highest BCUT2D eigenvalue weighted by Gasteiger charge is 2.43. The molecular weight excluding hydrogens is 369 g/mol. The summed E-state index contributed by atoms with van der Waals surface area (Å²) in [5.41, 5.74) is -0.456. The average molecular weight is 400 g/mol. The summed E-state index contributed by atoms with van der Waals surface area (Å²) in [6, 6.07) is 19.0. The van der Waals surface area contributed by atoms with Gasteiger partial charge in [-0.3, -0.25) is 9.59 Å². The van der Waals surface area contributed by atoms with E-state index in [0.29, 0.717) is 6.42 Å². The van der Waals surface area contributed by atoms with Crippen LogP contribution < -0.4 is 0 Å². The summed E-state index contributed by atoms with van der Waals surface area (Å²) in [5.74, 6) is -1.34. The molecule has 0 heterocycles.